The standard InChI is InChI=1S/C23H29N3O4S/c1-2-18-8-10-19(11-9-18)24-22(27)26-14-13-23(16-26)17-30-15-12-21(23)25-31(28,29)20-6-4-3-5-7-20/h3-11,21,25H,2,12-17H2,1H3,(H,24,27)/t21-,23-/m0/s1. The summed E-state index contributed by atoms with van der Waals surface area (Å²) in [5, 5.41) is 2.95. The minimum absolute atomic E-state index is 0.170. The van der Waals surface area contributed by atoms with Crippen LogP contribution in [0.1, 0.15) is 25.3 Å². The summed E-state index contributed by atoms with van der Waals surface area (Å²) in [6.45, 7) is 4.04. The Hall–Kier alpha value is -2.42. The number of sulfonamides is 1. The zero-order chi connectivity index (χ0) is 21.9. The fourth-order valence-corrected chi connectivity index (χ4v) is 5.81. The van der Waals surface area contributed by atoms with E-state index in [0.717, 1.165) is 12.1 Å². The number of carbonyl (C=O) groups excluding carboxylic acids is 1. The number of carbonyl (C=O) groups is 1. The molecule has 0 radical (unpaired) electrons. The van der Waals surface area contributed by atoms with E-state index in [0.29, 0.717) is 39.1 Å². The van der Waals surface area contributed by atoms with Crippen LogP contribution in [-0.4, -0.2) is 51.7 Å². The molecule has 0 aromatic heterocycles. The van der Waals surface area contributed by atoms with Crippen LogP contribution in [0.25, 0.3) is 0 Å². The maximum Gasteiger partial charge on any atom is 0.321 e. The zero-order valence-electron chi connectivity index (χ0n) is 17.7. The molecule has 1 spiro atoms. The molecule has 4 rings (SSSR count). The molecule has 2 atom stereocenters. The monoisotopic (exact) mass is 443 g/mol. The van der Waals surface area contributed by atoms with Crippen LogP contribution >= 0.6 is 0 Å². The van der Waals surface area contributed by atoms with Crippen molar-refractivity contribution in [1.29, 1.82) is 0 Å². The number of hydrogen-bond donors (Lipinski definition) is 2. The van der Waals surface area contributed by atoms with Gasteiger partial charge in [-0.1, -0.05) is 37.3 Å². The zero-order valence-corrected chi connectivity index (χ0v) is 18.5. The molecule has 8 heteroatoms. The van der Waals surface area contributed by atoms with Gasteiger partial charge in [-0.25, -0.2) is 17.9 Å². The van der Waals surface area contributed by atoms with Gasteiger partial charge in [0.15, 0.2) is 0 Å². The van der Waals surface area contributed by atoms with Crippen molar-refractivity contribution in [1.82, 2.24) is 9.62 Å². The highest BCUT2D eigenvalue weighted by atomic mass is 32.2. The van der Waals surface area contributed by atoms with Crippen molar-refractivity contribution in [2.45, 2.75) is 37.1 Å². The molecule has 0 saturated carbocycles. The van der Waals surface area contributed by atoms with Crippen LogP contribution in [0.3, 0.4) is 0 Å². The molecule has 2 amide bonds. The fraction of sp³-hybridized carbons (Fsp3) is 0.435. The molecular formula is C23H29N3O4S. The van der Waals surface area contributed by atoms with Crippen LogP contribution in [-0.2, 0) is 21.2 Å². The Balaban J connectivity index is 1.45. The summed E-state index contributed by atoms with van der Waals surface area (Å²) in [6.07, 6.45) is 2.22. The maximum absolute atomic E-state index is 12.9. The quantitative estimate of drug-likeness (QED) is 0.743. The van der Waals surface area contributed by atoms with Gasteiger partial charge < -0.3 is 15.0 Å². The van der Waals surface area contributed by atoms with Gasteiger partial charge in [-0.05, 0) is 49.1 Å². The number of aryl methyl sites for hydroxylation is 1. The van der Waals surface area contributed by atoms with Crippen LogP contribution in [0, 0.1) is 5.41 Å². The summed E-state index contributed by atoms with van der Waals surface area (Å²) < 4.78 is 34.4. The van der Waals surface area contributed by atoms with Gasteiger partial charge in [0.25, 0.3) is 0 Å². The van der Waals surface area contributed by atoms with Gasteiger partial charge in [-0.2, -0.15) is 0 Å². The number of anilines is 1. The van der Waals surface area contributed by atoms with E-state index >= 15 is 0 Å². The predicted molar refractivity (Wildman–Crippen MR) is 119 cm³/mol. The number of ether oxygens (including phenoxy) is 1. The number of rotatable bonds is 5. The summed E-state index contributed by atoms with van der Waals surface area (Å²) in [7, 11) is -3.64. The molecule has 0 unspecified atom stereocenters. The topological polar surface area (TPSA) is 87.7 Å². The first-order valence-corrected chi connectivity index (χ1v) is 12.2. The van der Waals surface area contributed by atoms with E-state index in [2.05, 4.69) is 17.0 Å². The van der Waals surface area contributed by atoms with Crippen molar-refractivity contribution in [3.8, 4) is 0 Å². The Bertz CT molecular complexity index is 1010. The van der Waals surface area contributed by atoms with Crippen molar-refractivity contribution in [2.75, 3.05) is 31.6 Å². The van der Waals surface area contributed by atoms with Gasteiger partial charge in [0, 0.05) is 36.8 Å². The largest absolute Gasteiger partial charge is 0.381 e. The fourth-order valence-electron chi connectivity index (χ4n) is 4.42. The Morgan fingerprint density at radius 2 is 1.90 bits per heavy atom. The molecule has 7 nitrogen and oxygen atoms in total. The third-order valence-electron chi connectivity index (χ3n) is 6.32. The van der Waals surface area contributed by atoms with Gasteiger partial charge in [0.1, 0.15) is 0 Å². The molecule has 2 N–H and O–H groups in total. The number of hydrogen-bond acceptors (Lipinski definition) is 4. The minimum atomic E-state index is -3.64. The molecule has 2 aromatic carbocycles. The van der Waals surface area contributed by atoms with Gasteiger partial charge >= 0.3 is 6.03 Å². The SMILES string of the molecule is CCc1ccc(NC(=O)N2CC[C@@]3(COCC[C@@H]3NS(=O)(=O)c3ccccc3)C2)cc1. The van der Waals surface area contributed by atoms with Crippen LogP contribution in [0.5, 0.6) is 0 Å². The molecule has 2 heterocycles. The molecule has 0 aliphatic carbocycles. The van der Waals surface area contributed by atoms with E-state index in [9.17, 15) is 13.2 Å². The van der Waals surface area contributed by atoms with Crippen molar-refractivity contribution in [3.63, 3.8) is 0 Å². The lowest BCUT2D eigenvalue weighted by Crippen LogP contribution is -2.55. The van der Waals surface area contributed by atoms with E-state index in [-0.39, 0.29) is 17.0 Å². The van der Waals surface area contributed by atoms with Crippen LogP contribution in [0.4, 0.5) is 10.5 Å². The minimum Gasteiger partial charge on any atom is -0.381 e. The van der Waals surface area contributed by atoms with E-state index in [4.69, 9.17) is 4.74 Å². The molecule has 31 heavy (non-hydrogen) atoms. The van der Waals surface area contributed by atoms with Crippen molar-refractivity contribution >= 4 is 21.7 Å². The lowest BCUT2D eigenvalue weighted by Gasteiger charge is -2.41. The average molecular weight is 444 g/mol. The second kappa shape index (κ2) is 8.98. The number of nitrogens with one attached hydrogen (secondary N) is 2. The number of benzene rings is 2. The van der Waals surface area contributed by atoms with Gasteiger partial charge in [-0.3, -0.25) is 0 Å². The number of urea groups is 1. The number of nitrogens with zero attached hydrogens (tertiary/aromatic N) is 1. The summed E-state index contributed by atoms with van der Waals surface area (Å²) in [5.41, 5.74) is 1.54. The van der Waals surface area contributed by atoms with Crippen LogP contribution in [0.15, 0.2) is 59.5 Å². The second-order valence-corrected chi connectivity index (χ2v) is 10.1. The lowest BCUT2D eigenvalue weighted by atomic mass is 9.78. The Morgan fingerprint density at radius 3 is 2.61 bits per heavy atom. The highest BCUT2D eigenvalue weighted by Gasteiger charge is 2.49. The van der Waals surface area contributed by atoms with Crippen LogP contribution in [0.2, 0.25) is 0 Å². The number of likely N-dealkylation sites (tertiary alicyclic amines) is 1. The smallest absolute Gasteiger partial charge is 0.321 e. The molecule has 2 aliphatic heterocycles. The lowest BCUT2D eigenvalue weighted by molar-refractivity contribution is -0.0196. The van der Waals surface area contributed by atoms with E-state index in [1.54, 1.807) is 35.2 Å². The van der Waals surface area contributed by atoms with Crippen molar-refractivity contribution < 1.29 is 17.9 Å². The summed E-state index contributed by atoms with van der Waals surface area (Å²) in [5.74, 6) is 0. The molecule has 2 fully saturated rings. The second-order valence-electron chi connectivity index (χ2n) is 8.34. The predicted octanol–water partition coefficient (Wildman–Crippen LogP) is 3.24. The van der Waals surface area contributed by atoms with Crippen molar-refractivity contribution in [3.05, 3.63) is 60.2 Å². The summed E-state index contributed by atoms with van der Waals surface area (Å²) in [4.78, 5) is 14.8. The van der Waals surface area contributed by atoms with E-state index < -0.39 is 15.4 Å². The summed E-state index contributed by atoms with van der Waals surface area (Å²) in [6, 6.07) is 15.8. The Morgan fingerprint density at radius 1 is 1.16 bits per heavy atom. The van der Waals surface area contributed by atoms with Gasteiger partial charge in [0.05, 0.1) is 11.5 Å². The highest BCUT2D eigenvalue weighted by Crippen LogP contribution is 2.39. The van der Waals surface area contributed by atoms with E-state index in [1.807, 2.05) is 24.3 Å². The van der Waals surface area contributed by atoms with Gasteiger partial charge in [0.2, 0.25) is 10.0 Å². The molecule has 0 bridgehead atoms. The molecule has 2 aliphatic rings. The average Bonchev–Trinajstić information content (AvgIpc) is 3.21. The Labute approximate surface area is 183 Å². The summed E-state index contributed by atoms with van der Waals surface area (Å²) >= 11 is 0. The first-order chi connectivity index (χ1) is 14.9. The third kappa shape index (κ3) is 4.76. The normalized spacial score (nSPS) is 23.8. The van der Waals surface area contributed by atoms with Gasteiger partial charge in [-0.15, -0.1) is 0 Å². The Kier molecular flexibility index (Phi) is 6.31. The molecular weight excluding hydrogens is 414 g/mol. The van der Waals surface area contributed by atoms with Crippen molar-refractivity contribution in [2.24, 2.45) is 5.41 Å². The first kappa shape index (κ1) is 21.8. The molecule has 166 valence electrons. The number of amides is 2. The first-order valence-electron chi connectivity index (χ1n) is 10.7. The third-order valence-corrected chi connectivity index (χ3v) is 7.80. The molecule has 2 aromatic rings. The maximum atomic E-state index is 12.9. The van der Waals surface area contributed by atoms with Crippen LogP contribution < -0.4 is 10.0 Å². The molecule has 2 saturated heterocycles. The highest BCUT2D eigenvalue weighted by molar-refractivity contribution is 7.89. The van der Waals surface area contributed by atoms with E-state index in [1.165, 1.54) is 5.56 Å².